The van der Waals surface area contributed by atoms with E-state index in [1.807, 2.05) is 6.92 Å². The fraction of sp³-hybridized carbons (Fsp3) is 0.867. The van der Waals surface area contributed by atoms with Gasteiger partial charge in [-0.1, -0.05) is 20.8 Å². The van der Waals surface area contributed by atoms with E-state index in [9.17, 15) is 9.59 Å². The summed E-state index contributed by atoms with van der Waals surface area (Å²) in [7, 11) is 0. The Kier molecular flexibility index (Phi) is 6.51. The lowest BCUT2D eigenvalue weighted by atomic mass is 9.90. The lowest BCUT2D eigenvalue weighted by Crippen LogP contribution is -2.43. The molecule has 0 heterocycles. The van der Waals surface area contributed by atoms with Crippen molar-refractivity contribution in [2.24, 2.45) is 5.41 Å². The summed E-state index contributed by atoms with van der Waals surface area (Å²) in [4.78, 5) is 23.4. The van der Waals surface area contributed by atoms with Crippen molar-refractivity contribution in [3.63, 3.8) is 0 Å². The largest absolute Gasteiger partial charge is 0.461 e. The predicted molar refractivity (Wildman–Crippen MR) is 78.5 cm³/mol. The summed E-state index contributed by atoms with van der Waals surface area (Å²) >= 11 is 0. The highest BCUT2D eigenvalue weighted by atomic mass is 16.6. The van der Waals surface area contributed by atoms with Gasteiger partial charge in [-0.25, -0.2) is 9.59 Å². The molecular weight excluding hydrogens is 258 g/mol. The third kappa shape index (κ3) is 9.64. The summed E-state index contributed by atoms with van der Waals surface area (Å²) < 4.78 is 10.4. The highest BCUT2D eigenvalue weighted by Gasteiger charge is 2.24. The van der Waals surface area contributed by atoms with Crippen LogP contribution in [-0.4, -0.2) is 29.8 Å². The van der Waals surface area contributed by atoms with E-state index in [1.165, 1.54) is 0 Å². The van der Waals surface area contributed by atoms with E-state index in [2.05, 4.69) is 26.1 Å². The fourth-order valence-electron chi connectivity index (χ4n) is 1.75. The third-order valence-corrected chi connectivity index (χ3v) is 2.30. The number of amides is 1. The van der Waals surface area contributed by atoms with E-state index >= 15 is 0 Å². The minimum Gasteiger partial charge on any atom is -0.461 e. The monoisotopic (exact) mass is 287 g/mol. The van der Waals surface area contributed by atoms with Crippen LogP contribution in [0.1, 0.15) is 61.8 Å². The zero-order chi connectivity index (χ0) is 16.1. The number of esters is 1. The van der Waals surface area contributed by atoms with Crippen LogP contribution in [0.2, 0.25) is 0 Å². The number of nitrogens with one attached hydrogen (secondary N) is 1. The Morgan fingerprint density at radius 3 is 1.95 bits per heavy atom. The predicted octanol–water partition coefficient (Wildman–Crippen LogP) is 3.27. The van der Waals surface area contributed by atoms with Crippen LogP contribution in [0.15, 0.2) is 0 Å². The Morgan fingerprint density at radius 2 is 1.55 bits per heavy atom. The molecule has 0 bridgehead atoms. The molecule has 0 radical (unpaired) electrons. The van der Waals surface area contributed by atoms with Crippen molar-refractivity contribution in [3.8, 4) is 0 Å². The molecular formula is C15H29NO4. The van der Waals surface area contributed by atoms with Gasteiger partial charge >= 0.3 is 12.1 Å². The number of carbonyl (C=O) groups excluding carboxylic acids is 2. The second-order valence-corrected chi connectivity index (χ2v) is 7.38. The Labute approximate surface area is 122 Å². The zero-order valence-electron chi connectivity index (χ0n) is 14.0. The molecule has 0 aliphatic rings. The van der Waals surface area contributed by atoms with Crippen molar-refractivity contribution in [1.29, 1.82) is 0 Å². The normalized spacial score (nSPS) is 15.2. The molecule has 0 rings (SSSR count). The lowest BCUT2D eigenvalue weighted by molar-refractivity contribution is -0.151. The van der Waals surface area contributed by atoms with Crippen molar-refractivity contribution in [1.82, 2.24) is 5.32 Å². The van der Waals surface area contributed by atoms with Crippen LogP contribution >= 0.6 is 0 Å². The average molecular weight is 287 g/mol. The molecule has 5 heteroatoms. The number of alkyl carbamates (subject to hydrolysis) is 1. The minimum absolute atomic E-state index is 0.0848. The molecule has 0 aliphatic carbocycles. The van der Waals surface area contributed by atoms with Crippen molar-refractivity contribution in [2.45, 2.75) is 79.6 Å². The molecule has 2 atom stereocenters. The first-order valence-electron chi connectivity index (χ1n) is 7.00. The molecule has 0 aromatic rings. The molecule has 1 N–H and O–H groups in total. The van der Waals surface area contributed by atoms with Crippen LogP contribution in [0.4, 0.5) is 4.79 Å². The van der Waals surface area contributed by atoms with Gasteiger partial charge in [-0.2, -0.15) is 0 Å². The lowest BCUT2D eigenvalue weighted by Gasteiger charge is -2.25. The molecule has 5 nitrogen and oxygen atoms in total. The van der Waals surface area contributed by atoms with E-state index < -0.39 is 23.7 Å². The Bertz CT molecular complexity index is 339. The van der Waals surface area contributed by atoms with E-state index in [1.54, 1.807) is 27.7 Å². The maximum absolute atomic E-state index is 11.8. The molecule has 118 valence electrons. The molecule has 0 unspecified atom stereocenters. The maximum atomic E-state index is 11.8. The summed E-state index contributed by atoms with van der Waals surface area (Å²) in [6.45, 7) is 15.0. The van der Waals surface area contributed by atoms with Gasteiger partial charge in [0.1, 0.15) is 11.6 Å². The number of carbonyl (C=O) groups is 2. The van der Waals surface area contributed by atoms with Crippen LogP contribution in [0.3, 0.4) is 0 Å². The SMILES string of the molecule is C[C@H](NC(=O)OC(C)(C)C)C(=O)O[C@@H](C)CC(C)(C)C. The van der Waals surface area contributed by atoms with Crippen LogP contribution in [-0.2, 0) is 14.3 Å². The first kappa shape index (κ1) is 18.7. The molecule has 20 heavy (non-hydrogen) atoms. The van der Waals surface area contributed by atoms with E-state index in [-0.39, 0.29) is 11.5 Å². The van der Waals surface area contributed by atoms with Crippen molar-refractivity contribution in [3.05, 3.63) is 0 Å². The third-order valence-electron chi connectivity index (χ3n) is 2.30. The van der Waals surface area contributed by atoms with Gasteiger partial charge in [0.2, 0.25) is 0 Å². The van der Waals surface area contributed by atoms with Gasteiger partial charge in [-0.3, -0.25) is 0 Å². The second-order valence-electron chi connectivity index (χ2n) is 7.38. The second kappa shape index (κ2) is 6.95. The van der Waals surface area contributed by atoms with Crippen LogP contribution in [0, 0.1) is 5.41 Å². The minimum atomic E-state index is -0.729. The summed E-state index contributed by atoms with van der Waals surface area (Å²) in [5.74, 6) is -0.451. The molecule has 0 spiro atoms. The summed E-state index contributed by atoms with van der Waals surface area (Å²) in [5.41, 5.74) is -0.505. The average Bonchev–Trinajstić information content (AvgIpc) is 2.10. The smallest absolute Gasteiger partial charge is 0.408 e. The van der Waals surface area contributed by atoms with Gasteiger partial charge in [0.15, 0.2) is 0 Å². The van der Waals surface area contributed by atoms with Crippen molar-refractivity contribution in [2.75, 3.05) is 0 Å². The van der Waals surface area contributed by atoms with Gasteiger partial charge in [0.25, 0.3) is 0 Å². The van der Waals surface area contributed by atoms with Gasteiger partial charge in [-0.05, 0) is 46.5 Å². The number of hydrogen-bond acceptors (Lipinski definition) is 4. The maximum Gasteiger partial charge on any atom is 0.408 e. The molecule has 0 saturated carbocycles. The first-order chi connectivity index (χ1) is 8.80. The number of rotatable bonds is 4. The van der Waals surface area contributed by atoms with Gasteiger partial charge in [0, 0.05) is 0 Å². The molecule has 0 fully saturated rings. The van der Waals surface area contributed by atoms with E-state index in [4.69, 9.17) is 9.47 Å². The molecule has 1 amide bonds. The molecule has 0 aromatic heterocycles. The quantitative estimate of drug-likeness (QED) is 0.806. The van der Waals surface area contributed by atoms with Crippen molar-refractivity contribution >= 4 is 12.1 Å². The van der Waals surface area contributed by atoms with E-state index in [0.29, 0.717) is 0 Å². The first-order valence-corrected chi connectivity index (χ1v) is 7.00. The number of ether oxygens (including phenoxy) is 2. The standard InChI is InChI=1S/C15H29NO4/c1-10(9-14(3,4)5)19-12(17)11(2)16-13(18)20-15(6,7)8/h10-11H,9H2,1-8H3,(H,16,18)/t10-,11-/m0/s1. The summed E-state index contributed by atoms with van der Waals surface area (Å²) in [5, 5.41) is 2.47. The summed E-state index contributed by atoms with van der Waals surface area (Å²) in [6.07, 6.45) is -0.0476. The summed E-state index contributed by atoms with van der Waals surface area (Å²) in [6, 6.07) is -0.729. The van der Waals surface area contributed by atoms with Crippen molar-refractivity contribution < 1.29 is 19.1 Å². The number of hydrogen-bond donors (Lipinski definition) is 1. The molecule has 0 saturated heterocycles. The topological polar surface area (TPSA) is 64.6 Å². The van der Waals surface area contributed by atoms with Gasteiger partial charge in [0.05, 0.1) is 6.10 Å². The highest BCUT2D eigenvalue weighted by Crippen LogP contribution is 2.22. The van der Waals surface area contributed by atoms with Crippen LogP contribution < -0.4 is 5.32 Å². The van der Waals surface area contributed by atoms with Gasteiger partial charge in [-0.15, -0.1) is 0 Å². The zero-order valence-corrected chi connectivity index (χ0v) is 14.0. The van der Waals surface area contributed by atoms with E-state index in [0.717, 1.165) is 6.42 Å². The Balaban J connectivity index is 4.26. The molecule has 0 aromatic carbocycles. The fourth-order valence-corrected chi connectivity index (χ4v) is 1.75. The Hall–Kier alpha value is -1.26. The molecule has 0 aliphatic heterocycles. The Morgan fingerprint density at radius 1 is 1.05 bits per heavy atom. The highest BCUT2D eigenvalue weighted by molar-refractivity contribution is 5.81. The van der Waals surface area contributed by atoms with Crippen LogP contribution in [0.5, 0.6) is 0 Å². The van der Waals surface area contributed by atoms with Gasteiger partial charge < -0.3 is 14.8 Å². The van der Waals surface area contributed by atoms with Crippen LogP contribution in [0.25, 0.3) is 0 Å².